The number of rotatable bonds is 8. The van der Waals surface area contributed by atoms with Crippen molar-refractivity contribution in [3.8, 4) is 5.75 Å². The first-order valence-corrected chi connectivity index (χ1v) is 9.04. The summed E-state index contributed by atoms with van der Waals surface area (Å²) in [4.78, 5) is 25.7. The second-order valence-corrected chi connectivity index (χ2v) is 7.04. The van der Waals surface area contributed by atoms with Gasteiger partial charge in [0.05, 0.1) is 4.91 Å². The standard InChI is InChI=1S/C18H19NO4S2/c1-3-5-14(17(21)22)19-16(20)15(25-18(19)24)11-12-6-8-13(9-7-12)23-10-4-2/h4,6-9,11,14H,2-3,5,10H2,1H3,(H,21,22)/b15-11+/t14-/m1/s1. The predicted molar refractivity (Wildman–Crippen MR) is 103 cm³/mol. The van der Waals surface area contributed by atoms with Gasteiger partial charge in [-0.15, -0.1) is 0 Å². The van der Waals surface area contributed by atoms with Crippen LogP contribution in [0.3, 0.4) is 0 Å². The smallest absolute Gasteiger partial charge is 0.326 e. The van der Waals surface area contributed by atoms with Gasteiger partial charge in [0.15, 0.2) is 0 Å². The number of hydrogen-bond donors (Lipinski definition) is 1. The molecule has 2 rings (SSSR count). The van der Waals surface area contributed by atoms with Gasteiger partial charge in [0.25, 0.3) is 5.91 Å². The maximum atomic E-state index is 12.6. The Labute approximate surface area is 156 Å². The van der Waals surface area contributed by atoms with Crippen LogP contribution in [0, 0.1) is 0 Å². The third-order valence-corrected chi connectivity index (χ3v) is 4.86. The third kappa shape index (κ3) is 4.70. The van der Waals surface area contributed by atoms with Gasteiger partial charge in [-0.25, -0.2) is 4.79 Å². The van der Waals surface area contributed by atoms with E-state index < -0.39 is 12.0 Å². The molecule has 7 heteroatoms. The minimum Gasteiger partial charge on any atom is -0.490 e. The van der Waals surface area contributed by atoms with Crippen molar-refractivity contribution in [2.24, 2.45) is 0 Å². The molecule has 25 heavy (non-hydrogen) atoms. The van der Waals surface area contributed by atoms with E-state index in [0.717, 1.165) is 17.3 Å². The van der Waals surface area contributed by atoms with E-state index in [1.807, 2.05) is 19.1 Å². The molecule has 0 unspecified atom stereocenters. The lowest BCUT2D eigenvalue weighted by Gasteiger charge is -2.22. The highest BCUT2D eigenvalue weighted by Gasteiger charge is 2.39. The molecule has 1 fully saturated rings. The molecule has 0 saturated carbocycles. The van der Waals surface area contributed by atoms with Crippen molar-refractivity contribution in [3.05, 3.63) is 47.4 Å². The van der Waals surface area contributed by atoms with E-state index in [-0.39, 0.29) is 10.2 Å². The number of carbonyl (C=O) groups is 2. The maximum Gasteiger partial charge on any atom is 0.326 e. The van der Waals surface area contributed by atoms with Crippen LogP contribution in [0.15, 0.2) is 41.8 Å². The molecule has 0 radical (unpaired) electrons. The molecular weight excluding hydrogens is 358 g/mol. The zero-order chi connectivity index (χ0) is 18.4. The van der Waals surface area contributed by atoms with E-state index in [1.165, 1.54) is 4.90 Å². The van der Waals surface area contributed by atoms with Crippen molar-refractivity contribution in [2.75, 3.05) is 6.61 Å². The topological polar surface area (TPSA) is 66.8 Å². The van der Waals surface area contributed by atoms with Crippen molar-refractivity contribution in [1.29, 1.82) is 0 Å². The van der Waals surface area contributed by atoms with Gasteiger partial charge in [0, 0.05) is 0 Å². The van der Waals surface area contributed by atoms with Crippen molar-refractivity contribution in [1.82, 2.24) is 4.90 Å². The summed E-state index contributed by atoms with van der Waals surface area (Å²) in [5.74, 6) is -0.690. The Morgan fingerprint density at radius 3 is 2.68 bits per heavy atom. The van der Waals surface area contributed by atoms with Crippen molar-refractivity contribution in [2.45, 2.75) is 25.8 Å². The SMILES string of the molecule is C=CCOc1ccc(/C=C2/SC(=S)N([C@H](CCC)C(=O)O)C2=O)cc1. The van der Waals surface area contributed by atoms with Gasteiger partial charge in [0.1, 0.15) is 22.7 Å². The first-order chi connectivity index (χ1) is 12.0. The molecule has 1 heterocycles. The van der Waals surface area contributed by atoms with Crippen LogP contribution >= 0.6 is 24.0 Å². The molecule has 132 valence electrons. The number of carboxylic acids is 1. The summed E-state index contributed by atoms with van der Waals surface area (Å²) < 4.78 is 5.70. The van der Waals surface area contributed by atoms with Gasteiger partial charge in [-0.3, -0.25) is 9.69 Å². The summed E-state index contributed by atoms with van der Waals surface area (Å²) in [5, 5.41) is 9.37. The second kappa shape index (κ2) is 8.82. The lowest BCUT2D eigenvalue weighted by Crippen LogP contribution is -2.43. The number of ether oxygens (including phenoxy) is 1. The van der Waals surface area contributed by atoms with E-state index >= 15 is 0 Å². The van der Waals surface area contributed by atoms with Crippen LogP contribution < -0.4 is 4.74 Å². The summed E-state index contributed by atoms with van der Waals surface area (Å²) >= 11 is 6.35. The molecule has 1 amide bonds. The highest BCUT2D eigenvalue weighted by atomic mass is 32.2. The van der Waals surface area contributed by atoms with Gasteiger partial charge >= 0.3 is 5.97 Å². The Kier molecular flexibility index (Phi) is 6.78. The molecule has 1 aliphatic rings. The summed E-state index contributed by atoms with van der Waals surface area (Å²) in [6, 6.07) is 6.33. The fourth-order valence-electron chi connectivity index (χ4n) is 2.35. The van der Waals surface area contributed by atoms with Crippen LogP contribution in [0.4, 0.5) is 0 Å². The molecule has 5 nitrogen and oxygen atoms in total. The van der Waals surface area contributed by atoms with E-state index in [1.54, 1.807) is 24.3 Å². The molecule has 0 aliphatic carbocycles. The van der Waals surface area contributed by atoms with Crippen molar-refractivity contribution >= 4 is 46.3 Å². The zero-order valence-electron chi connectivity index (χ0n) is 13.8. The van der Waals surface area contributed by atoms with Gasteiger partial charge in [-0.05, 0) is 30.2 Å². The largest absolute Gasteiger partial charge is 0.490 e. The minimum absolute atomic E-state index is 0.281. The first-order valence-electron chi connectivity index (χ1n) is 7.81. The maximum absolute atomic E-state index is 12.6. The minimum atomic E-state index is -1.04. The number of benzene rings is 1. The first kappa shape index (κ1) is 19.2. The van der Waals surface area contributed by atoms with Crippen LogP contribution in [0.5, 0.6) is 5.75 Å². The molecule has 0 spiro atoms. The average Bonchev–Trinajstić information content (AvgIpc) is 2.86. The molecule has 1 N–H and O–H groups in total. The Hall–Kier alpha value is -2.12. The van der Waals surface area contributed by atoms with Gasteiger partial charge < -0.3 is 9.84 Å². The fraction of sp³-hybridized carbons (Fsp3) is 0.278. The lowest BCUT2D eigenvalue weighted by molar-refractivity contribution is -0.145. The highest BCUT2D eigenvalue weighted by molar-refractivity contribution is 8.26. The van der Waals surface area contributed by atoms with E-state index in [4.69, 9.17) is 17.0 Å². The molecule has 1 aromatic carbocycles. The van der Waals surface area contributed by atoms with Crippen LogP contribution in [-0.4, -0.2) is 38.9 Å². The number of carbonyl (C=O) groups excluding carboxylic acids is 1. The number of hydrogen-bond acceptors (Lipinski definition) is 5. The number of thiocarbonyl (C=S) groups is 1. The van der Waals surface area contributed by atoms with Crippen LogP contribution in [0.2, 0.25) is 0 Å². The monoisotopic (exact) mass is 377 g/mol. The quantitative estimate of drug-likeness (QED) is 0.423. The molecule has 1 atom stereocenters. The van der Waals surface area contributed by atoms with Crippen LogP contribution in [0.1, 0.15) is 25.3 Å². The van der Waals surface area contributed by atoms with Gasteiger partial charge in [-0.1, -0.05) is 62.1 Å². The molecule has 1 aliphatic heterocycles. The Bertz CT molecular complexity index is 712. The van der Waals surface area contributed by atoms with E-state index in [0.29, 0.717) is 30.1 Å². The summed E-state index contributed by atoms with van der Waals surface area (Å²) in [5.41, 5.74) is 0.814. The molecule has 1 aromatic rings. The predicted octanol–water partition coefficient (Wildman–Crippen LogP) is 3.71. The molecular formula is C18H19NO4S2. The summed E-state index contributed by atoms with van der Waals surface area (Å²) in [6.45, 7) is 5.89. The number of thioether (sulfide) groups is 1. The van der Waals surface area contributed by atoms with Gasteiger partial charge in [0.2, 0.25) is 0 Å². The van der Waals surface area contributed by atoms with E-state index in [2.05, 4.69) is 6.58 Å². The van der Waals surface area contributed by atoms with Gasteiger partial charge in [-0.2, -0.15) is 0 Å². The van der Waals surface area contributed by atoms with E-state index in [9.17, 15) is 14.7 Å². The van der Waals surface area contributed by atoms with Crippen LogP contribution in [-0.2, 0) is 9.59 Å². The molecule has 1 saturated heterocycles. The third-order valence-electron chi connectivity index (χ3n) is 3.53. The van der Waals surface area contributed by atoms with Crippen molar-refractivity contribution in [3.63, 3.8) is 0 Å². The van der Waals surface area contributed by atoms with Crippen LogP contribution in [0.25, 0.3) is 6.08 Å². The zero-order valence-corrected chi connectivity index (χ0v) is 15.4. The highest BCUT2D eigenvalue weighted by Crippen LogP contribution is 2.35. The lowest BCUT2D eigenvalue weighted by atomic mass is 10.1. The summed E-state index contributed by atoms with van der Waals surface area (Å²) in [6.07, 6.45) is 4.39. The molecule has 0 aromatic heterocycles. The van der Waals surface area contributed by atoms with Crippen molar-refractivity contribution < 1.29 is 19.4 Å². The second-order valence-electron chi connectivity index (χ2n) is 5.36. The molecule has 0 bridgehead atoms. The number of aliphatic carboxylic acids is 1. The summed E-state index contributed by atoms with van der Waals surface area (Å²) in [7, 11) is 0. The Morgan fingerprint density at radius 1 is 1.44 bits per heavy atom. The Morgan fingerprint density at radius 2 is 2.12 bits per heavy atom. The Balaban J connectivity index is 2.19. The average molecular weight is 377 g/mol. The number of amides is 1. The number of nitrogens with zero attached hydrogens (tertiary/aromatic N) is 1. The number of carboxylic acid groups (broad SMARTS) is 1. The normalized spacial score (nSPS) is 17.0. The fourth-order valence-corrected chi connectivity index (χ4v) is 3.71.